The van der Waals surface area contributed by atoms with Crippen LogP contribution in [0.3, 0.4) is 0 Å². The Labute approximate surface area is 86.4 Å². The van der Waals surface area contributed by atoms with E-state index in [0.29, 0.717) is 5.82 Å². The number of pyridine rings is 1. The zero-order valence-electron chi connectivity index (χ0n) is 7.88. The van der Waals surface area contributed by atoms with E-state index in [-0.39, 0.29) is 23.7 Å². The molecule has 74 valence electrons. The quantitative estimate of drug-likeness (QED) is 0.685. The van der Waals surface area contributed by atoms with E-state index in [9.17, 15) is 9.59 Å². The number of hydrogen-bond donors (Lipinski definition) is 0. The van der Waals surface area contributed by atoms with E-state index in [1.54, 1.807) is 24.4 Å². The van der Waals surface area contributed by atoms with Crippen LogP contribution in [0.1, 0.15) is 6.42 Å². The first-order valence-corrected chi connectivity index (χ1v) is 4.49. The van der Waals surface area contributed by atoms with Crippen molar-refractivity contribution in [3.8, 4) is 0 Å². The van der Waals surface area contributed by atoms with Gasteiger partial charge >= 0.3 is 0 Å². The molecule has 1 aliphatic carbocycles. The molecule has 1 aromatic heterocycles. The summed E-state index contributed by atoms with van der Waals surface area (Å²) in [5, 5.41) is 0. The number of rotatable bonds is 1. The van der Waals surface area contributed by atoms with Crippen molar-refractivity contribution in [3.63, 3.8) is 0 Å². The van der Waals surface area contributed by atoms with Gasteiger partial charge in [0.2, 0.25) is 5.78 Å². The van der Waals surface area contributed by atoms with Gasteiger partial charge < -0.3 is 0 Å². The van der Waals surface area contributed by atoms with Gasteiger partial charge in [-0.2, -0.15) is 0 Å². The molecule has 4 nitrogen and oxygen atoms in total. The second-order valence-corrected chi connectivity index (χ2v) is 3.09. The molecule has 0 N–H and O–H groups in total. The number of allylic oxidation sites excluding steroid dienone is 2. The lowest BCUT2D eigenvalue weighted by atomic mass is 10.0. The van der Waals surface area contributed by atoms with Gasteiger partial charge in [-0.15, -0.1) is 0 Å². The Hall–Kier alpha value is -2.10. The molecule has 1 aliphatic rings. The predicted molar refractivity (Wildman–Crippen MR) is 55.1 cm³/mol. The largest absolute Gasteiger partial charge is 0.294 e. The fourth-order valence-electron chi connectivity index (χ4n) is 1.23. The van der Waals surface area contributed by atoms with Gasteiger partial charge in [0.15, 0.2) is 11.6 Å². The van der Waals surface area contributed by atoms with Crippen molar-refractivity contribution in [2.75, 3.05) is 0 Å². The van der Waals surface area contributed by atoms with Gasteiger partial charge in [0, 0.05) is 6.20 Å². The number of aliphatic imine (C=N–C) groups is 1. The molecule has 15 heavy (non-hydrogen) atoms. The smallest absolute Gasteiger partial charge is 0.200 e. The van der Waals surface area contributed by atoms with Crippen molar-refractivity contribution in [2.24, 2.45) is 4.99 Å². The lowest BCUT2D eigenvalue weighted by Crippen LogP contribution is -2.19. The van der Waals surface area contributed by atoms with Gasteiger partial charge in [-0.05, 0) is 24.3 Å². The Morgan fingerprint density at radius 1 is 1.20 bits per heavy atom. The second kappa shape index (κ2) is 3.96. The molecule has 0 aliphatic heterocycles. The van der Waals surface area contributed by atoms with E-state index in [2.05, 4.69) is 9.98 Å². The first kappa shape index (κ1) is 9.45. The lowest BCUT2D eigenvalue weighted by Gasteiger charge is -2.04. The highest BCUT2D eigenvalue weighted by Gasteiger charge is 2.17. The first-order chi connectivity index (χ1) is 7.25. The fourth-order valence-corrected chi connectivity index (χ4v) is 1.23. The van der Waals surface area contributed by atoms with Crippen molar-refractivity contribution < 1.29 is 9.59 Å². The molecule has 0 saturated heterocycles. The molecule has 0 spiro atoms. The van der Waals surface area contributed by atoms with Crippen LogP contribution in [-0.2, 0) is 9.59 Å². The topological polar surface area (TPSA) is 59.4 Å². The molecule has 0 saturated carbocycles. The van der Waals surface area contributed by atoms with Crippen molar-refractivity contribution in [2.45, 2.75) is 6.42 Å². The molecule has 1 heterocycles. The third-order valence-electron chi connectivity index (χ3n) is 1.95. The molecule has 0 aromatic carbocycles. The highest BCUT2D eigenvalue weighted by atomic mass is 16.1. The van der Waals surface area contributed by atoms with Crippen LogP contribution in [0.25, 0.3) is 0 Å². The van der Waals surface area contributed by atoms with E-state index in [1.165, 1.54) is 12.2 Å². The summed E-state index contributed by atoms with van der Waals surface area (Å²) in [6.07, 6.45) is 4.17. The van der Waals surface area contributed by atoms with Gasteiger partial charge in [0.25, 0.3) is 0 Å². The van der Waals surface area contributed by atoms with Gasteiger partial charge in [0.1, 0.15) is 0 Å². The van der Waals surface area contributed by atoms with Crippen molar-refractivity contribution in [3.05, 3.63) is 36.5 Å². The third kappa shape index (κ3) is 2.22. The Balaban J connectivity index is 2.32. The summed E-state index contributed by atoms with van der Waals surface area (Å²) in [7, 11) is 0. The van der Waals surface area contributed by atoms with Crippen LogP contribution in [0.15, 0.2) is 41.5 Å². The summed E-state index contributed by atoms with van der Waals surface area (Å²) in [5.74, 6) is 0.119. The molecule has 2 rings (SSSR count). The zero-order valence-corrected chi connectivity index (χ0v) is 7.88. The average Bonchev–Trinajstić information content (AvgIpc) is 2.25. The van der Waals surface area contributed by atoms with E-state index < -0.39 is 0 Å². The standard InChI is InChI=1S/C11H8N2O2/c14-8-4-5-10(15)9(7-8)13-11-3-1-2-6-12-11/h1-6H,7H2. The summed E-state index contributed by atoms with van der Waals surface area (Å²) >= 11 is 0. The molecule has 0 bridgehead atoms. The van der Waals surface area contributed by atoms with E-state index in [4.69, 9.17) is 0 Å². The van der Waals surface area contributed by atoms with E-state index in [0.717, 1.165) is 0 Å². The van der Waals surface area contributed by atoms with Crippen LogP contribution in [0, 0.1) is 0 Å². The number of carbonyl (C=O) groups excluding carboxylic acids is 2. The highest BCUT2D eigenvalue weighted by Crippen LogP contribution is 2.10. The van der Waals surface area contributed by atoms with Crippen molar-refractivity contribution >= 4 is 23.1 Å². The number of nitrogens with zero attached hydrogens (tertiary/aromatic N) is 2. The summed E-state index contributed by atoms with van der Waals surface area (Å²) in [4.78, 5) is 30.4. The summed E-state index contributed by atoms with van der Waals surface area (Å²) in [6, 6.07) is 5.22. The first-order valence-electron chi connectivity index (χ1n) is 4.49. The third-order valence-corrected chi connectivity index (χ3v) is 1.95. The minimum atomic E-state index is -0.222. The van der Waals surface area contributed by atoms with Crippen LogP contribution in [0.4, 0.5) is 5.82 Å². The lowest BCUT2D eigenvalue weighted by molar-refractivity contribution is -0.116. The van der Waals surface area contributed by atoms with Crippen LogP contribution < -0.4 is 0 Å². The highest BCUT2D eigenvalue weighted by molar-refractivity contribution is 6.49. The van der Waals surface area contributed by atoms with Gasteiger partial charge in [-0.3, -0.25) is 9.59 Å². The Morgan fingerprint density at radius 2 is 2.07 bits per heavy atom. The van der Waals surface area contributed by atoms with Gasteiger partial charge in [-0.1, -0.05) is 6.07 Å². The molecule has 0 fully saturated rings. The fraction of sp³-hybridized carbons (Fsp3) is 0.0909. The summed E-state index contributed by atoms with van der Waals surface area (Å²) in [6.45, 7) is 0. The van der Waals surface area contributed by atoms with Crippen LogP contribution in [0.5, 0.6) is 0 Å². The molecule has 1 aromatic rings. The van der Waals surface area contributed by atoms with Crippen molar-refractivity contribution in [1.29, 1.82) is 0 Å². The maximum atomic E-state index is 11.3. The van der Waals surface area contributed by atoms with Gasteiger partial charge in [0.05, 0.1) is 12.1 Å². The molecular weight excluding hydrogens is 192 g/mol. The Bertz CT molecular complexity index is 461. The predicted octanol–water partition coefficient (Wildman–Crippen LogP) is 1.25. The molecule has 0 amide bonds. The monoisotopic (exact) mass is 200 g/mol. The molecule has 0 unspecified atom stereocenters. The molecular formula is C11H8N2O2. The molecule has 0 radical (unpaired) electrons. The summed E-state index contributed by atoms with van der Waals surface area (Å²) in [5.41, 5.74) is 0.251. The molecule has 4 heteroatoms. The normalized spacial score (nSPS) is 18.5. The SMILES string of the molecule is O=C1C=CC(=O)C(=Nc2ccccn2)C1. The van der Waals surface area contributed by atoms with Crippen LogP contribution >= 0.6 is 0 Å². The van der Waals surface area contributed by atoms with E-state index in [1.807, 2.05) is 0 Å². The minimum Gasteiger partial charge on any atom is -0.294 e. The zero-order chi connectivity index (χ0) is 10.7. The Morgan fingerprint density at radius 3 is 2.80 bits per heavy atom. The van der Waals surface area contributed by atoms with E-state index >= 15 is 0 Å². The number of aromatic nitrogens is 1. The van der Waals surface area contributed by atoms with Crippen molar-refractivity contribution in [1.82, 2.24) is 4.98 Å². The summed E-state index contributed by atoms with van der Waals surface area (Å²) < 4.78 is 0. The number of ketones is 2. The van der Waals surface area contributed by atoms with Crippen LogP contribution in [0.2, 0.25) is 0 Å². The minimum absolute atomic E-state index is 0.0614. The number of hydrogen-bond acceptors (Lipinski definition) is 4. The molecule has 0 atom stereocenters. The maximum Gasteiger partial charge on any atom is 0.200 e. The van der Waals surface area contributed by atoms with Gasteiger partial charge in [-0.25, -0.2) is 9.98 Å². The Kier molecular flexibility index (Phi) is 2.49. The maximum absolute atomic E-state index is 11.3. The average molecular weight is 200 g/mol. The second-order valence-electron chi connectivity index (χ2n) is 3.09. The number of carbonyl (C=O) groups is 2. The van der Waals surface area contributed by atoms with Crippen LogP contribution in [-0.4, -0.2) is 22.3 Å².